The quantitative estimate of drug-likeness (QED) is 0.365. The van der Waals surface area contributed by atoms with Gasteiger partial charge in [0.05, 0.1) is 23.1 Å². The highest BCUT2D eigenvalue weighted by atomic mass is 32.2. The Labute approximate surface area is 206 Å². The molecule has 1 amide bonds. The molecule has 35 heavy (non-hydrogen) atoms. The smallest absolute Gasteiger partial charge is 0.422 e. The van der Waals surface area contributed by atoms with Crippen LogP contribution in [0.2, 0.25) is 0 Å². The number of hydrogen-bond acceptors (Lipinski definition) is 6. The van der Waals surface area contributed by atoms with Gasteiger partial charge in [0.2, 0.25) is 5.91 Å². The molecule has 3 aromatic rings. The van der Waals surface area contributed by atoms with Gasteiger partial charge in [0.15, 0.2) is 11.7 Å². The van der Waals surface area contributed by atoms with E-state index in [1.807, 2.05) is 6.92 Å². The predicted molar refractivity (Wildman–Crippen MR) is 130 cm³/mol. The Hall–Kier alpha value is -2.99. The number of benzene rings is 1. The van der Waals surface area contributed by atoms with Gasteiger partial charge in [-0.1, -0.05) is 19.1 Å². The molecular formula is C23H23F3N4O3S2. The number of nitrogens with one attached hydrogen (secondary N) is 2. The van der Waals surface area contributed by atoms with E-state index >= 15 is 0 Å². The number of amides is 1. The number of carbonyl (C=O) groups is 1. The summed E-state index contributed by atoms with van der Waals surface area (Å²) >= 11 is 1.32. The number of halogens is 3. The number of hydrogen-bond donors (Lipinski definition) is 2. The summed E-state index contributed by atoms with van der Waals surface area (Å²) in [5.74, 6) is -0.673. The third kappa shape index (κ3) is 7.01. The fraction of sp³-hybridized carbons (Fsp3) is 0.348. The van der Waals surface area contributed by atoms with Crippen molar-refractivity contribution < 1.29 is 26.9 Å². The van der Waals surface area contributed by atoms with E-state index in [4.69, 9.17) is 4.74 Å². The third-order valence-corrected chi connectivity index (χ3v) is 7.60. The van der Waals surface area contributed by atoms with E-state index in [0.29, 0.717) is 34.1 Å². The van der Waals surface area contributed by atoms with Gasteiger partial charge >= 0.3 is 6.18 Å². The summed E-state index contributed by atoms with van der Waals surface area (Å²) in [7, 11) is -1.15. The topological polar surface area (TPSA) is 93.2 Å². The molecule has 0 aliphatic heterocycles. The van der Waals surface area contributed by atoms with Gasteiger partial charge in [0, 0.05) is 22.8 Å². The van der Waals surface area contributed by atoms with Crippen molar-refractivity contribution in [2.75, 3.05) is 16.6 Å². The average molecular weight is 525 g/mol. The number of carbonyl (C=O) groups excluding carboxylic acids is 1. The van der Waals surface area contributed by atoms with Crippen LogP contribution in [-0.2, 0) is 15.8 Å². The van der Waals surface area contributed by atoms with Gasteiger partial charge in [-0.15, -0.1) is 11.3 Å². The molecule has 4 rings (SSSR count). The fourth-order valence-electron chi connectivity index (χ4n) is 3.27. The van der Waals surface area contributed by atoms with Crippen molar-refractivity contribution >= 4 is 39.0 Å². The number of alkyl halides is 3. The number of ether oxygens (including phenoxy) is 1. The lowest BCUT2D eigenvalue weighted by Crippen LogP contribution is -2.21. The lowest BCUT2D eigenvalue weighted by molar-refractivity contribution is -0.153. The normalized spacial score (nSPS) is 15.3. The second kappa shape index (κ2) is 10.7. The van der Waals surface area contributed by atoms with E-state index in [9.17, 15) is 22.2 Å². The van der Waals surface area contributed by atoms with Gasteiger partial charge in [-0.3, -0.25) is 14.5 Å². The number of thiazole rings is 1. The lowest BCUT2D eigenvalue weighted by Gasteiger charge is -2.13. The van der Waals surface area contributed by atoms with Crippen LogP contribution in [0, 0.1) is 0 Å². The van der Waals surface area contributed by atoms with Crippen molar-refractivity contribution in [3.05, 3.63) is 53.8 Å². The molecule has 1 aromatic carbocycles. The molecule has 0 saturated heterocycles. The standard InChI is InChI=1S/C23H23F3N4O3S2/c1-2-19(20-12-34-22(29-20)30-35(32)18-7-8-18)21(31)28-16-5-3-14(4-6-16)15-9-17(11-27-10-15)33-13-23(24,25)26/h3-6,9-12,18-19H,2,7-8,13H2,1H3,(H,28,31)(H,29,30). The largest absolute Gasteiger partial charge is 0.482 e. The molecule has 2 heterocycles. The maximum absolute atomic E-state index is 12.9. The van der Waals surface area contributed by atoms with Crippen LogP contribution in [0.5, 0.6) is 5.75 Å². The summed E-state index contributed by atoms with van der Waals surface area (Å²) in [4.78, 5) is 21.3. The van der Waals surface area contributed by atoms with Crippen LogP contribution < -0.4 is 14.8 Å². The number of rotatable bonds is 10. The second-order valence-corrected chi connectivity index (χ2v) is 10.3. The van der Waals surface area contributed by atoms with E-state index in [-0.39, 0.29) is 16.9 Å². The summed E-state index contributed by atoms with van der Waals surface area (Å²) in [6.45, 7) is 0.500. The predicted octanol–water partition coefficient (Wildman–Crippen LogP) is 5.52. The van der Waals surface area contributed by atoms with Gasteiger partial charge in [-0.2, -0.15) is 13.2 Å². The zero-order chi connectivity index (χ0) is 25.0. The maximum atomic E-state index is 12.9. The first-order chi connectivity index (χ1) is 16.7. The van der Waals surface area contributed by atoms with Crippen LogP contribution in [0.15, 0.2) is 48.1 Å². The van der Waals surface area contributed by atoms with Crippen LogP contribution in [0.4, 0.5) is 24.0 Å². The number of anilines is 2. The fourth-order valence-corrected chi connectivity index (χ4v) is 5.26. The van der Waals surface area contributed by atoms with Crippen LogP contribution in [-0.4, -0.2) is 38.1 Å². The molecule has 0 spiro atoms. The van der Waals surface area contributed by atoms with Gasteiger partial charge in [0.1, 0.15) is 16.7 Å². The minimum absolute atomic E-state index is 0.0149. The first kappa shape index (κ1) is 25.1. The summed E-state index contributed by atoms with van der Waals surface area (Å²) in [5, 5.41) is 5.39. The van der Waals surface area contributed by atoms with Crippen molar-refractivity contribution in [3.63, 3.8) is 0 Å². The van der Waals surface area contributed by atoms with Gasteiger partial charge in [-0.25, -0.2) is 9.19 Å². The van der Waals surface area contributed by atoms with Crippen molar-refractivity contribution in [2.24, 2.45) is 0 Å². The number of pyridine rings is 1. The average Bonchev–Trinajstić information content (AvgIpc) is 3.59. The Balaban J connectivity index is 1.38. The Morgan fingerprint density at radius 3 is 2.63 bits per heavy atom. The minimum atomic E-state index is -4.43. The van der Waals surface area contributed by atoms with Crippen molar-refractivity contribution in [3.8, 4) is 16.9 Å². The highest BCUT2D eigenvalue weighted by Crippen LogP contribution is 2.31. The molecular weight excluding hydrogens is 501 g/mol. The molecule has 12 heteroatoms. The molecule has 0 radical (unpaired) electrons. The highest BCUT2D eigenvalue weighted by molar-refractivity contribution is 7.87. The zero-order valence-corrected chi connectivity index (χ0v) is 20.3. The van der Waals surface area contributed by atoms with Crippen LogP contribution in [0.1, 0.15) is 37.8 Å². The van der Waals surface area contributed by atoms with Gasteiger partial charge in [0.25, 0.3) is 0 Å². The van der Waals surface area contributed by atoms with Crippen LogP contribution in [0.25, 0.3) is 11.1 Å². The third-order valence-electron chi connectivity index (χ3n) is 5.22. The Bertz CT molecular complexity index is 1200. The van der Waals surface area contributed by atoms with Gasteiger partial charge < -0.3 is 10.1 Å². The first-order valence-electron chi connectivity index (χ1n) is 10.9. The van der Waals surface area contributed by atoms with Crippen LogP contribution >= 0.6 is 11.3 Å². The van der Waals surface area contributed by atoms with Crippen molar-refractivity contribution in [1.29, 1.82) is 0 Å². The Morgan fingerprint density at radius 2 is 1.97 bits per heavy atom. The van der Waals surface area contributed by atoms with E-state index in [0.717, 1.165) is 12.8 Å². The minimum Gasteiger partial charge on any atom is -0.482 e. The molecule has 0 bridgehead atoms. The molecule has 1 saturated carbocycles. The highest BCUT2D eigenvalue weighted by Gasteiger charge is 2.30. The molecule has 2 N–H and O–H groups in total. The zero-order valence-electron chi connectivity index (χ0n) is 18.7. The molecule has 1 aliphatic carbocycles. The molecule has 186 valence electrons. The second-order valence-electron chi connectivity index (χ2n) is 8.02. The Morgan fingerprint density at radius 1 is 1.23 bits per heavy atom. The lowest BCUT2D eigenvalue weighted by atomic mass is 10.0. The van der Waals surface area contributed by atoms with E-state index in [1.165, 1.54) is 29.8 Å². The van der Waals surface area contributed by atoms with E-state index < -0.39 is 29.7 Å². The van der Waals surface area contributed by atoms with Crippen molar-refractivity contribution in [1.82, 2.24) is 9.97 Å². The molecule has 2 atom stereocenters. The molecule has 1 fully saturated rings. The SMILES string of the molecule is CCC(C(=O)Nc1ccc(-c2cncc(OCC(F)(F)F)c2)cc1)c1csc(NS(=O)C2CC2)n1. The van der Waals surface area contributed by atoms with Crippen molar-refractivity contribution in [2.45, 2.75) is 43.5 Å². The number of aromatic nitrogens is 2. The molecule has 7 nitrogen and oxygen atoms in total. The van der Waals surface area contributed by atoms with Crippen LogP contribution in [0.3, 0.4) is 0 Å². The monoisotopic (exact) mass is 524 g/mol. The van der Waals surface area contributed by atoms with E-state index in [2.05, 4.69) is 20.0 Å². The first-order valence-corrected chi connectivity index (χ1v) is 13.0. The summed E-state index contributed by atoms with van der Waals surface area (Å²) in [6, 6.07) is 8.36. The maximum Gasteiger partial charge on any atom is 0.422 e. The summed E-state index contributed by atoms with van der Waals surface area (Å²) in [6.07, 6.45) is 0.741. The number of nitrogens with zero attached hydrogens (tertiary/aromatic N) is 2. The molecule has 2 unspecified atom stereocenters. The summed E-state index contributed by atoms with van der Waals surface area (Å²) in [5.41, 5.74) is 2.47. The van der Waals surface area contributed by atoms with Gasteiger partial charge in [-0.05, 0) is 43.0 Å². The Kier molecular flexibility index (Phi) is 7.70. The van der Waals surface area contributed by atoms with E-state index in [1.54, 1.807) is 29.6 Å². The molecule has 1 aliphatic rings. The summed E-state index contributed by atoms with van der Waals surface area (Å²) < 4.78 is 56.9. The molecule has 2 aromatic heterocycles.